The monoisotopic (exact) mass is 469 g/mol. The standard InChI is InChI=1S/C18H31NO13/c1-8-12(23)14(25)15(26)16(31-8)29-4-3-19-17(27)18(28-2)5-9(30-7-11(21)22)13(24)10(6-20)32-18/h8-10,12-16,20,23-26H,3-7H2,1-2H3,(H,19,27)(H,21,22)/t8-,9-,10+,12+,13+,14+,15-,16+,18+/m0/s1. The van der Waals surface area contributed by atoms with E-state index in [1.165, 1.54) is 6.92 Å². The molecule has 0 aliphatic carbocycles. The topological polar surface area (TPSA) is 214 Å². The van der Waals surface area contributed by atoms with Gasteiger partial charge in [-0.25, -0.2) is 4.79 Å². The molecule has 2 fully saturated rings. The Kier molecular flexibility index (Phi) is 9.71. The minimum absolute atomic E-state index is 0.111. The number of ether oxygens (including phenoxy) is 5. The molecule has 1 amide bonds. The van der Waals surface area contributed by atoms with Crippen LogP contribution in [-0.4, -0.2) is 131 Å². The van der Waals surface area contributed by atoms with Gasteiger partial charge in [0, 0.05) is 20.1 Å². The molecule has 2 rings (SSSR count). The van der Waals surface area contributed by atoms with Crippen molar-refractivity contribution in [2.24, 2.45) is 0 Å². The SMILES string of the molecule is CO[C@]1(C(=O)NCCO[C@@H]2O[C@@H](C)[C@@H](O)[C@@H](O)[C@@H]2O)C[C@H](OCC(=O)O)[C@@H](O)[C@@H](CO)O1. The average molecular weight is 469 g/mol. The number of amides is 1. The van der Waals surface area contributed by atoms with Crippen molar-refractivity contribution in [2.45, 2.75) is 68.1 Å². The molecule has 14 heteroatoms. The van der Waals surface area contributed by atoms with Crippen LogP contribution in [0.2, 0.25) is 0 Å². The summed E-state index contributed by atoms with van der Waals surface area (Å²) >= 11 is 0. The first-order valence-corrected chi connectivity index (χ1v) is 10.0. The molecule has 0 unspecified atom stereocenters. The molecule has 2 aliphatic heterocycles. The summed E-state index contributed by atoms with van der Waals surface area (Å²) in [7, 11) is 1.16. The second kappa shape index (κ2) is 11.6. The number of carboxylic acids is 1. The Hall–Kier alpha value is -1.46. The number of aliphatic hydroxyl groups is 5. The molecular weight excluding hydrogens is 438 g/mol. The Morgan fingerprint density at radius 2 is 1.78 bits per heavy atom. The van der Waals surface area contributed by atoms with E-state index in [1.807, 2.05) is 0 Å². The van der Waals surface area contributed by atoms with Crippen molar-refractivity contribution in [3.8, 4) is 0 Å². The predicted molar refractivity (Wildman–Crippen MR) is 101 cm³/mol. The molecule has 0 radical (unpaired) electrons. The molecule has 9 atom stereocenters. The lowest BCUT2D eigenvalue weighted by atomic mass is 9.94. The zero-order valence-electron chi connectivity index (χ0n) is 17.7. The number of aliphatic carboxylic acids is 1. The molecule has 0 bridgehead atoms. The highest BCUT2D eigenvalue weighted by Gasteiger charge is 2.52. The molecule has 7 N–H and O–H groups in total. The van der Waals surface area contributed by atoms with Crippen LogP contribution in [0.1, 0.15) is 13.3 Å². The van der Waals surface area contributed by atoms with Gasteiger partial charge in [0.25, 0.3) is 11.7 Å². The largest absolute Gasteiger partial charge is 0.480 e. The normalized spacial score (nSPS) is 40.1. The van der Waals surface area contributed by atoms with E-state index in [9.17, 15) is 35.1 Å². The van der Waals surface area contributed by atoms with Crippen molar-refractivity contribution < 1.29 is 63.9 Å². The van der Waals surface area contributed by atoms with Crippen LogP contribution in [0.3, 0.4) is 0 Å². The van der Waals surface area contributed by atoms with Crippen molar-refractivity contribution >= 4 is 11.9 Å². The molecular formula is C18H31NO13. The van der Waals surface area contributed by atoms with Crippen LogP contribution in [0.15, 0.2) is 0 Å². The van der Waals surface area contributed by atoms with Crippen LogP contribution < -0.4 is 5.32 Å². The maximum absolute atomic E-state index is 12.8. The lowest BCUT2D eigenvalue weighted by molar-refractivity contribution is -0.304. The van der Waals surface area contributed by atoms with Crippen LogP contribution in [0.25, 0.3) is 0 Å². The molecule has 2 saturated heterocycles. The van der Waals surface area contributed by atoms with Crippen LogP contribution in [0.5, 0.6) is 0 Å². The van der Waals surface area contributed by atoms with Gasteiger partial charge in [0.15, 0.2) is 6.29 Å². The average Bonchev–Trinajstić information content (AvgIpc) is 2.77. The van der Waals surface area contributed by atoms with Gasteiger partial charge in [0.2, 0.25) is 0 Å². The number of carbonyl (C=O) groups is 2. The van der Waals surface area contributed by atoms with Gasteiger partial charge >= 0.3 is 5.97 Å². The van der Waals surface area contributed by atoms with Gasteiger partial charge in [0.05, 0.1) is 25.4 Å². The fourth-order valence-electron chi connectivity index (χ4n) is 3.46. The number of carbonyl (C=O) groups excluding carboxylic acids is 1. The van der Waals surface area contributed by atoms with E-state index in [2.05, 4.69) is 5.32 Å². The Labute approximate surface area is 183 Å². The molecule has 2 heterocycles. The second-order valence-electron chi connectivity index (χ2n) is 7.54. The molecule has 0 aromatic carbocycles. The number of nitrogens with one attached hydrogen (secondary N) is 1. The number of hydrogen-bond acceptors (Lipinski definition) is 12. The predicted octanol–water partition coefficient (Wildman–Crippen LogP) is -4.10. The summed E-state index contributed by atoms with van der Waals surface area (Å²) in [6.45, 7) is -0.195. The first-order valence-electron chi connectivity index (χ1n) is 10.0. The van der Waals surface area contributed by atoms with Gasteiger partial charge in [0.1, 0.15) is 37.1 Å². The van der Waals surface area contributed by atoms with Crippen molar-refractivity contribution in [1.29, 1.82) is 0 Å². The van der Waals surface area contributed by atoms with Gasteiger partial charge in [-0.05, 0) is 6.92 Å². The van der Waals surface area contributed by atoms with E-state index in [-0.39, 0.29) is 19.6 Å². The quantitative estimate of drug-likeness (QED) is 0.152. The minimum Gasteiger partial charge on any atom is -0.480 e. The lowest BCUT2D eigenvalue weighted by Gasteiger charge is -2.44. The third kappa shape index (κ3) is 6.11. The van der Waals surface area contributed by atoms with Crippen LogP contribution in [-0.2, 0) is 33.3 Å². The van der Waals surface area contributed by atoms with Gasteiger partial charge in [-0.2, -0.15) is 0 Å². The van der Waals surface area contributed by atoms with Gasteiger partial charge in [-0.15, -0.1) is 0 Å². The smallest absolute Gasteiger partial charge is 0.329 e. The van der Waals surface area contributed by atoms with E-state index in [1.54, 1.807) is 0 Å². The van der Waals surface area contributed by atoms with Crippen molar-refractivity contribution in [2.75, 3.05) is 33.5 Å². The van der Waals surface area contributed by atoms with E-state index in [4.69, 9.17) is 28.8 Å². The molecule has 0 saturated carbocycles. The molecule has 14 nitrogen and oxygen atoms in total. The summed E-state index contributed by atoms with van der Waals surface area (Å²) in [6.07, 6.45) is -10.4. The molecule has 0 aromatic heterocycles. The van der Waals surface area contributed by atoms with E-state index in [0.717, 1.165) is 7.11 Å². The van der Waals surface area contributed by atoms with Gasteiger partial charge in [-0.1, -0.05) is 0 Å². The highest BCUT2D eigenvalue weighted by atomic mass is 16.7. The summed E-state index contributed by atoms with van der Waals surface area (Å²) in [5.74, 6) is -4.06. The first kappa shape index (κ1) is 26.8. The zero-order chi connectivity index (χ0) is 24.1. The minimum atomic E-state index is -1.98. The van der Waals surface area contributed by atoms with Crippen molar-refractivity contribution in [3.05, 3.63) is 0 Å². The summed E-state index contributed by atoms with van der Waals surface area (Å²) < 4.78 is 26.4. The fraction of sp³-hybridized carbons (Fsp3) is 0.889. The first-order chi connectivity index (χ1) is 15.1. The summed E-state index contributed by atoms with van der Waals surface area (Å²) in [5.41, 5.74) is 0. The molecule has 0 spiro atoms. The van der Waals surface area contributed by atoms with Crippen molar-refractivity contribution in [3.63, 3.8) is 0 Å². The zero-order valence-corrected chi connectivity index (χ0v) is 17.7. The molecule has 0 aromatic rings. The number of aliphatic hydroxyl groups excluding tert-OH is 5. The summed E-state index contributed by atoms with van der Waals surface area (Å²) in [5, 5.41) is 60.3. The Balaban J connectivity index is 1.93. The van der Waals surface area contributed by atoms with Crippen LogP contribution >= 0.6 is 0 Å². The number of methoxy groups -OCH3 is 1. The third-order valence-corrected chi connectivity index (χ3v) is 5.33. The van der Waals surface area contributed by atoms with Crippen LogP contribution in [0, 0.1) is 0 Å². The molecule has 2 aliphatic rings. The number of carboxylic acid groups (broad SMARTS) is 1. The fourth-order valence-corrected chi connectivity index (χ4v) is 3.46. The Bertz CT molecular complexity index is 636. The third-order valence-electron chi connectivity index (χ3n) is 5.33. The lowest BCUT2D eigenvalue weighted by Crippen LogP contribution is -2.63. The highest BCUT2D eigenvalue weighted by Crippen LogP contribution is 2.32. The molecule has 32 heavy (non-hydrogen) atoms. The summed E-state index contributed by atoms with van der Waals surface area (Å²) in [4.78, 5) is 23.5. The van der Waals surface area contributed by atoms with E-state index in [0.29, 0.717) is 0 Å². The van der Waals surface area contributed by atoms with E-state index >= 15 is 0 Å². The number of rotatable bonds is 10. The van der Waals surface area contributed by atoms with Crippen LogP contribution in [0.4, 0.5) is 0 Å². The Morgan fingerprint density at radius 1 is 1.09 bits per heavy atom. The maximum atomic E-state index is 12.8. The second-order valence-corrected chi connectivity index (χ2v) is 7.54. The van der Waals surface area contributed by atoms with Gasteiger partial charge in [-0.3, -0.25) is 4.79 Å². The van der Waals surface area contributed by atoms with Gasteiger partial charge < -0.3 is 59.6 Å². The molecule has 186 valence electrons. The van der Waals surface area contributed by atoms with Crippen molar-refractivity contribution in [1.82, 2.24) is 5.32 Å². The maximum Gasteiger partial charge on any atom is 0.329 e. The summed E-state index contributed by atoms with van der Waals surface area (Å²) in [6, 6.07) is 0. The number of hydrogen-bond donors (Lipinski definition) is 7. The Morgan fingerprint density at radius 3 is 2.38 bits per heavy atom. The van der Waals surface area contributed by atoms with E-state index < -0.39 is 79.9 Å². The highest BCUT2D eigenvalue weighted by molar-refractivity contribution is 5.84.